The van der Waals surface area contributed by atoms with Crippen LogP contribution in [-0.4, -0.2) is 55.1 Å². The van der Waals surface area contributed by atoms with Crippen LogP contribution in [0.3, 0.4) is 0 Å². The number of nitrogens with one attached hydrogen (secondary N) is 1. The van der Waals surface area contributed by atoms with Crippen LogP contribution in [0.5, 0.6) is 0 Å². The van der Waals surface area contributed by atoms with E-state index >= 15 is 0 Å². The van der Waals surface area contributed by atoms with Crippen molar-refractivity contribution in [1.82, 2.24) is 14.9 Å². The topological polar surface area (TPSA) is 44.3 Å². The van der Waals surface area contributed by atoms with Gasteiger partial charge in [0.05, 0.1) is 0 Å². The summed E-state index contributed by atoms with van der Waals surface area (Å²) in [5.41, 5.74) is 0. The molecule has 1 aliphatic rings. The first kappa shape index (κ1) is 14.1. The van der Waals surface area contributed by atoms with Crippen LogP contribution in [0.2, 0.25) is 0 Å². The molecule has 0 saturated carbocycles. The zero-order valence-electron chi connectivity index (χ0n) is 12.3. The molecule has 19 heavy (non-hydrogen) atoms. The van der Waals surface area contributed by atoms with E-state index in [1.54, 1.807) is 6.20 Å². The van der Waals surface area contributed by atoms with Gasteiger partial charge in [-0.15, -0.1) is 0 Å². The second-order valence-electron chi connectivity index (χ2n) is 5.63. The number of nitrogens with zero attached hydrogens (tertiary/aromatic N) is 4. The molecule has 5 heteroatoms. The van der Waals surface area contributed by atoms with E-state index in [0.717, 1.165) is 18.3 Å². The first-order valence-corrected chi connectivity index (χ1v) is 7.12. The fraction of sp³-hybridized carbons (Fsp3) is 0.714. The van der Waals surface area contributed by atoms with E-state index in [9.17, 15) is 0 Å². The molecule has 1 fully saturated rings. The highest BCUT2D eigenvalue weighted by Gasteiger charge is 2.14. The molecule has 2 heterocycles. The Hall–Kier alpha value is -1.36. The van der Waals surface area contributed by atoms with Crippen molar-refractivity contribution >= 4 is 11.8 Å². The highest BCUT2D eigenvalue weighted by molar-refractivity contribution is 5.40. The van der Waals surface area contributed by atoms with Crippen LogP contribution in [0.25, 0.3) is 0 Å². The third-order valence-electron chi connectivity index (χ3n) is 3.48. The summed E-state index contributed by atoms with van der Waals surface area (Å²) >= 11 is 0. The summed E-state index contributed by atoms with van der Waals surface area (Å²) < 4.78 is 0. The van der Waals surface area contributed by atoms with Crippen molar-refractivity contribution in [1.29, 1.82) is 0 Å². The highest BCUT2D eigenvalue weighted by Crippen LogP contribution is 2.12. The van der Waals surface area contributed by atoms with E-state index < -0.39 is 0 Å². The van der Waals surface area contributed by atoms with Crippen LogP contribution >= 0.6 is 0 Å². The van der Waals surface area contributed by atoms with E-state index in [0.29, 0.717) is 5.92 Å². The molecule has 2 rings (SSSR count). The lowest BCUT2D eigenvalue weighted by atomic mass is 10.1. The Balaban J connectivity index is 1.79. The van der Waals surface area contributed by atoms with Crippen LogP contribution in [-0.2, 0) is 0 Å². The normalized spacial score (nSPS) is 17.4. The zero-order chi connectivity index (χ0) is 13.7. The minimum atomic E-state index is 0.615. The molecule has 1 unspecified atom stereocenters. The summed E-state index contributed by atoms with van der Waals surface area (Å²) in [6, 6.07) is 1.92. The lowest BCUT2D eigenvalue weighted by Gasteiger charge is -2.20. The van der Waals surface area contributed by atoms with Gasteiger partial charge in [0.2, 0.25) is 5.95 Å². The average Bonchev–Trinajstić information content (AvgIpc) is 2.89. The van der Waals surface area contributed by atoms with E-state index in [2.05, 4.69) is 27.1 Å². The van der Waals surface area contributed by atoms with E-state index in [1.165, 1.54) is 32.5 Å². The third kappa shape index (κ3) is 4.35. The highest BCUT2D eigenvalue weighted by atomic mass is 15.2. The number of anilines is 2. The molecule has 0 aliphatic carbocycles. The number of rotatable bonds is 6. The zero-order valence-corrected chi connectivity index (χ0v) is 12.3. The van der Waals surface area contributed by atoms with Gasteiger partial charge in [0.25, 0.3) is 0 Å². The molecule has 1 aliphatic heterocycles. The molecule has 0 aromatic carbocycles. The van der Waals surface area contributed by atoms with Crippen molar-refractivity contribution in [2.24, 2.45) is 5.92 Å². The maximum Gasteiger partial charge on any atom is 0.224 e. The van der Waals surface area contributed by atoms with Crippen LogP contribution < -0.4 is 10.2 Å². The van der Waals surface area contributed by atoms with Gasteiger partial charge in [0, 0.05) is 33.4 Å². The number of hydrogen-bond acceptors (Lipinski definition) is 5. The fourth-order valence-corrected chi connectivity index (χ4v) is 2.42. The second kappa shape index (κ2) is 6.70. The lowest BCUT2D eigenvalue weighted by Crippen LogP contribution is -2.29. The molecule has 0 spiro atoms. The summed E-state index contributed by atoms with van der Waals surface area (Å²) in [7, 11) is 3.98. The van der Waals surface area contributed by atoms with Gasteiger partial charge in [0.15, 0.2) is 0 Å². The van der Waals surface area contributed by atoms with Crippen LogP contribution in [0.1, 0.15) is 19.8 Å². The fourth-order valence-electron chi connectivity index (χ4n) is 2.42. The Morgan fingerprint density at radius 3 is 2.79 bits per heavy atom. The predicted molar refractivity (Wildman–Crippen MR) is 79.7 cm³/mol. The van der Waals surface area contributed by atoms with Crippen molar-refractivity contribution in [2.75, 3.05) is 50.5 Å². The second-order valence-corrected chi connectivity index (χ2v) is 5.63. The summed E-state index contributed by atoms with van der Waals surface area (Å²) in [5, 5.41) is 3.34. The van der Waals surface area contributed by atoms with Gasteiger partial charge in [-0.1, -0.05) is 6.92 Å². The van der Waals surface area contributed by atoms with Gasteiger partial charge in [-0.25, -0.2) is 4.98 Å². The molecular formula is C14H25N5. The van der Waals surface area contributed by atoms with Crippen molar-refractivity contribution < 1.29 is 0 Å². The molecule has 106 valence electrons. The number of likely N-dealkylation sites (tertiary alicyclic amines) is 1. The van der Waals surface area contributed by atoms with Gasteiger partial charge in [-0.2, -0.15) is 4.98 Å². The van der Waals surface area contributed by atoms with Crippen molar-refractivity contribution in [3.8, 4) is 0 Å². The molecule has 0 amide bonds. The van der Waals surface area contributed by atoms with E-state index in [4.69, 9.17) is 0 Å². The molecule has 1 aromatic heterocycles. The Labute approximate surface area is 116 Å². The minimum absolute atomic E-state index is 0.615. The number of hydrogen-bond donors (Lipinski definition) is 1. The SMILES string of the molecule is CC(CNc1nccc(N(C)C)n1)CN1CCCC1. The van der Waals surface area contributed by atoms with Gasteiger partial charge < -0.3 is 15.1 Å². The van der Waals surface area contributed by atoms with Crippen LogP contribution in [0, 0.1) is 5.92 Å². The van der Waals surface area contributed by atoms with Crippen molar-refractivity contribution in [3.63, 3.8) is 0 Å². The molecule has 1 atom stereocenters. The monoisotopic (exact) mass is 263 g/mol. The summed E-state index contributed by atoms with van der Waals surface area (Å²) in [4.78, 5) is 13.3. The standard InChI is InChI=1S/C14H25N5/c1-12(11-19-8-4-5-9-19)10-16-14-15-7-6-13(17-14)18(2)3/h6-7,12H,4-5,8-11H2,1-3H3,(H,15,16,17). The molecule has 0 radical (unpaired) electrons. The molecule has 1 N–H and O–H groups in total. The lowest BCUT2D eigenvalue weighted by molar-refractivity contribution is 0.294. The Morgan fingerprint density at radius 1 is 1.37 bits per heavy atom. The summed E-state index contributed by atoms with van der Waals surface area (Å²) in [6.45, 7) is 6.89. The first-order valence-electron chi connectivity index (χ1n) is 7.12. The number of aromatic nitrogens is 2. The maximum atomic E-state index is 4.47. The van der Waals surface area contributed by atoms with Crippen molar-refractivity contribution in [3.05, 3.63) is 12.3 Å². The summed E-state index contributed by atoms with van der Waals surface area (Å²) in [6.07, 6.45) is 4.51. The largest absolute Gasteiger partial charge is 0.363 e. The van der Waals surface area contributed by atoms with Crippen molar-refractivity contribution in [2.45, 2.75) is 19.8 Å². The van der Waals surface area contributed by atoms with Gasteiger partial charge in [-0.3, -0.25) is 0 Å². The first-order chi connectivity index (χ1) is 9.15. The van der Waals surface area contributed by atoms with Crippen LogP contribution in [0.15, 0.2) is 12.3 Å². The van der Waals surface area contributed by atoms with E-state index in [1.807, 2.05) is 25.1 Å². The summed E-state index contributed by atoms with van der Waals surface area (Å²) in [5.74, 6) is 2.27. The average molecular weight is 263 g/mol. The van der Waals surface area contributed by atoms with Crippen LogP contribution in [0.4, 0.5) is 11.8 Å². The molecule has 5 nitrogen and oxygen atoms in total. The predicted octanol–water partition coefficient (Wildman–Crippen LogP) is 1.69. The molecule has 1 saturated heterocycles. The molecule has 0 bridgehead atoms. The van der Waals surface area contributed by atoms with E-state index in [-0.39, 0.29) is 0 Å². The Morgan fingerprint density at radius 2 is 2.11 bits per heavy atom. The smallest absolute Gasteiger partial charge is 0.224 e. The van der Waals surface area contributed by atoms with Gasteiger partial charge >= 0.3 is 0 Å². The van der Waals surface area contributed by atoms with Gasteiger partial charge in [0.1, 0.15) is 5.82 Å². The maximum absolute atomic E-state index is 4.47. The Bertz CT molecular complexity index is 387. The van der Waals surface area contributed by atoms with Gasteiger partial charge in [-0.05, 0) is 37.9 Å². The minimum Gasteiger partial charge on any atom is -0.363 e. The quantitative estimate of drug-likeness (QED) is 0.846. The third-order valence-corrected chi connectivity index (χ3v) is 3.48. The molecular weight excluding hydrogens is 238 g/mol. The Kier molecular flexibility index (Phi) is 4.96. The molecule has 1 aromatic rings.